The molecule has 0 amide bonds. The van der Waals surface area contributed by atoms with Gasteiger partial charge in [-0.05, 0) is 37.1 Å². The lowest BCUT2D eigenvalue weighted by Crippen LogP contribution is -2.68. The molecule has 8 heterocycles. The zero-order valence-electron chi connectivity index (χ0n) is 22.8. The molecule has 4 saturated heterocycles. The van der Waals surface area contributed by atoms with Crippen molar-refractivity contribution in [2.75, 3.05) is 49.8 Å². The molecule has 4 aliphatic rings. The summed E-state index contributed by atoms with van der Waals surface area (Å²) in [7, 11) is 1.64. The van der Waals surface area contributed by atoms with E-state index in [1.807, 2.05) is 29.2 Å². The van der Waals surface area contributed by atoms with Crippen LogP contribution < -0.4 is 14.5 Å². The smallest absolute Gasteiger partial charge is 0.212 e. The second-order valence-electron chi connectivity index (χ2n) is 10.9. The number of morpholine rings is 1. The van der Waals surface area contributed by atoms with Crippen LogP contribution in [0, 0.1) is 11.3 Å². The van der Waals surface area contributed by atoms with E-state index in [1.165, 1.54) is 12.0 Å². The van der Waals surface area contributed by atoms with Gasteiger partial charge in [-0.1, -0.05) is 6.07 Å². The van der Waals surface area contributed by atoms with Gasteiger partial charge in [0, 0.05) is 73.9 Å². The second-order valence-corrected chi connectivity index (χ2v) is 10.9. The van der Waals surface area contributed by atoms with E-state index in [9.17, 15) is 5.26 Å². The summed E-state index contributed by atoms with van der Waals surface area (Å²) in [6, 6.07) is 14.0. The van der Waals surface area contributed by atoms with Crippen molar-refractivity contribution >= 4 is 17.0 Å². The molecule has 0 aromatic carbocycles. The van der Waals surface area contributed by atoms with Gasteiger partial charge in [0.1, 0.15) is 11.9 Å². The Morgan fingerprint density at radius 1 is 1.10 bits per heavy atom. The zero-order valence-corrected chi connectivity index (χ0v) is 22.8. The van der Waals surface area contributed by atoms with Crippen molar-refractivity contribution < 1.29 is 9.47 Å². The SMILES string of the molecule is COc1ccc(CN2C3CC2CN(c2ccc(-c4cc(N5CCOC[C@H]5C)cn5ncc(C#N)c45)cn2)C3)cn1. The maximum atomic E-state index is 9.77. The first-order valence-corrected chi connectivity index (χ1v) is 13.8. The van der Waals surface area contributed by atoms with Crippen molar-refractivity contribution in [2.45, 2.75) is 38.0 Å². The van der Waals surface area contributed by atoms with E-state index in [1.54, 1.807) is 13.3 Å². The third-order valence-electron chi connectivity index (χ3n) is 8.52. The van der Waals surface area contributed by atoms with E-state index in [0.717, 1.165) is 54.3 Å². The fraction of sp³-hybridized carbons (Fsp3) is 0.400. The van der Waals surface area contributed by atoms with Crippen LogP contribution in [0.4, 0.5) is 11.5 Å². The van der Waals surface area contributed by atoms with Gasteiger partial charge >= 0.3 is 0 Å². The van der Waals surface area contributed by atoms with Crippen molar-refractivity contribution in [3.05, 3.63) is 66.2 Å². The number of piperidine rings is 1. The lowest BCUT2D eigenvalue weighted by molar-refractivity contribution is -0.00876. The molecular weight excluding hydrogens is 504 g/mol. The lowest BCUT2D eigenvalue weighted by Gasteiger charge is -2.56. The van der Waals surface area contributed by atoms with E-state index in [2.05, 4.69) is 62.0 Å². The summed E-state index contributed by atoms with van der Waals surface area (Å²) in [5.41, 5.74) is 5.59. The Morgan fingerprint density at radius 2 is 1.98 bits per heavy atom. The van der Waals surface area contributed by atoms with Gasteiger partial charge in [-0.2, -0.15) is 10.4 Å². The van der Waals surface area contributed by atoms with Gasteiger partial charge in [0.25, 0.3) is 0 Å². The average molecular weight is 537 g/mol. The third-order valence-corrected chi connectivity index (χ3v) is 8.52. The van der Waals surface area contributed by atoms with Crippen molar-refractivity contribution in [3.63, 3.8) is 0 Å². The standard InChI is InChI=1S/C30H32N8O2/c1-20-19-40-8-7-36(20)26-10-27(30-23(11-31)14-34-38(30)18-26)22-4-5-28(32-13-22)35-16-24-9-25(17-35)37(24)15-21-3-6-29(39-2)33-12-21/h3-6,10,12-14,18,20,24-25H,7-9,15-17,19H2,1-2H3/t20-,24?,25?/m1/s1. The number of nitriles is 1. The maximum absolute atomic E-state index is 9.77. The summed E-state index contributed by atoms with van der Waals surface area (Å²) in [6.07, 6.45) is 8.72. The number of aromatic nitrogens is 4. The van der Waals surface area contributed by atoms with Crippen molar-refractivity contribution in [3.8, 4) is 23.1 Å². The monoisotopic (exact) mass is 536 g/mol. The molecule has 10 heteroatoms. The van der Waals surface area contributed by atoms with Crippen LogP contribution >= 0.6 is 0 Å². The summed E-state index contributed by atoms with van der Waals surface area (Å²) in [5, 5.41) is 14.3. The molecule has 2 bridgehead atoms. The molecule has 8 rings (SSSR count). The molecular formula is C30H32N8O2. The first kappa shape index (κ1) is 24.8. The zero-order chi connectivity index (χ0) is 27.2. The van der Waals surface area contributed by atoms with E-state index >= 15 is 0 Å². The highest BCUT2D eigenvalue weighted by Crippen LogP contribution is 2.37. The number of anilines is 2. The molecule has 204 valence electrons. The van der Waals surface area contributed by atoms with Crippen LogP contribution in [-0.2, 0) is 11.3 Å². The van der Waals surface area contributed by atoms with Crippen LogP contribution in [0.2, 0.25) is 0 Å². The average Bonchev–Trinajstić information content (AvgIpc) is 3.43. The number of methoxy groups -OCH3 is 1. The first-order valence-electron chi connectivity index (χ1n) is 13.8. The number of hydrogen-bond donors (Lipinski definition) is 0. The minimum atomic E-state index is 0.261. The Balaban J connectivity index is 1.11. The lowest BCUT2D eigenvalue weighted by atomic mass is 9.87. The topological polar surface area (TPSA) is 95.1 Å². The molecule has 0 aliphatic carbocycles. The molecule has 2 unspecified atom stereocenters. The Bertz CT molecular complexity index is 1550. The fourth-order valence-corrected chi connectivity index (χ4v) is 6.38. The number of rotatable bonds is 6. The van der Waals surface area contributed by atoms with Gasteiger partial charge in [0.2, 0.25) is 5.88 Å². The van der Waals surface area contributed by atoms with Gasteiger partial charge < -0.3 is 19.3 Å². The van der Waals surface area contributed by atoms with Gasteiger partial charge in [0.15, 0.2) is 0 Å². The van der Waals surface area contributed by atoms with Crippen molar-refractivity contribution in [1.82, 2.24) is 24.5 Å². The Labute approximate surface area is 233 Å². The molecule has 0 saturated carbocycles. The van der Waals surface area contributed by atoms with Gasteiger partial charge in [-0.15, -0.1) is 0 Å². The normalized spacial score (nSPS) is 22.7. The number of piperazine rings is 1. The molecule has 4 aromatic rings. The maximum Gasteiger partial charge on any atom is 0.212 e. The molecule has 40 heavy (non-hydrogen) atoms. The summed E-state index contributed by atoms with van der Waals surface area (Å²) >= 11 is 0. The second kappa shape index (κ2) is 10.1. The van der Waals surface area contributed by atoms with Gasteiger partial charge in [-0.3, -0.25) is 4.90 Å². The van der Waals surface area contributed by atoms with Crippen molar-refractivity contribution in [2.24, 2.45) is 0 Å². The first-order chi connectivity index (χ1) is 19.6. The summed E-state index contributed by atoms with van der Waals surface area (Å²) < 4.78 is 12.7. The minimum absolute atomic E-state index is 0.261. The number of pyridine rings is 3. The highest BCUT2D eigenvalue weighted by Gasteiger charge is 2.44. The van der Waals surface area contributed by atoms with Crippen LogP contribution in [0.15, 0.2) is 55.1 Å². The Hall–Kier alpha value is -4.20. The van der Waals surface area contributed by atoms with E-state index < -0.39 is 0 Å². The van der Waals surface area contributed by atoms with E-state index in [-0.39, 0.29) is 6.04 Å². The predicted octanol–water partition coefficient (Wildman–Crippen LogP) is 3.36. The number of ether oxygens (including phenoxy) is 2. The summed E-state index contributed by atoms with van der Waals surface area (Å²) in [5.74, 6) is 1.64. The molecule has 0 N–H and O–H groups in total. The molecule has 0 spiro atoms. The van der Waals surface area contributed by atoms with E-state index in [4.69, 9.17) is 14.5 Å². The molecule has 0 radical (unpaired) electrons. The molecule has 3 atom stereocenters. The molecule has 10 nitrogen and oxygen atoms in total. The Kier molecular flexibility index (Phi) is 6.25. The summed E-state index contributed by atoms with van der Waals surface area (Å²) in [6.45, 7) is 7.21. The number of hydrogen-bond acceptors (Lipinski definition) is 9. The fourth-order valence-electron chi connectivity index (χ4n) is 6.38. The molecule has 4 aromatic heterocycles. The summed E-state index contributed by atoms with van der Waals surface area (Å²) in [4.78, 5) is 16.6. The minimum Gasteiger partial charge on any atom is -0.481 e. The highest BCUT2D eigenvalue weighted by atomic mass is 16.5. The van der Waals surface area contributed by atoms with Gasteiger partial charge in [-0.25, -0.2) is 14.5 Å². The molecule has 4 aliphatic heterocycles. The highest BCUT2D eigenvalue weighted by molar-refractivity contribution is 5.86. The Morgan fingerprint density at radius 3 is 2.67 bits per heavy atom. The van der Waals surface area contributed by atoms with Crippen LogP contribution in [0.1, 0.15) is 24.5 Å². The van der Waals surface area contributed by atoms with Crippen LogP contribution in [0.3, 0.4) is 0 Å². The van der Waals surface area contributed by atoms with Crippen LogP contribution in [0.5, 0.6) is 5.88 Å². The predicted molar refractivity (Wildman–Crippen MR) is 152 cm³/mol. The number of fused-ring (bicyclic) bond motifs is 3. The van der Waals surface area contributed by atoms with Crippen LogP contribution in [0.25, 0.3) is 16.6 Å². The number of nitrogens with zero attached hydrogens (tertiary/aromatic N) is 8. The molecule has 4 fully saturated rings. The van der Waals surface area contributed by atoms with E-state index in [0.29, 0.717) is 36.7 Å². The third kappa shape index (κ3) is 4.31. The quantitative estimate of drug-likeness (QED) is 0.368. The van der Waals surface area contributed by atoms with Crippen molar-refractivity contribution in [1.29, 1.82) is 5.26 Å². The van der Waals surface area contributed by atoms with Crippen LogP contribution in [-0.4, -0.2) is 82.6 Å². The largest absolute Gasteiger partial charge is 0.481 e. The van der Waals surface area contributed by atoms with Gasteiger partial charge in [0.05, 0.1) is 49.5 Å².